The highest BCUT2D eigenvalue weighted by Crippen LogP contribution is 2.28. The van der Waals surface area contributed by atoms with Gasteiger partial charge in [0.1, 0.15) is 0 Å². The highest BCUT2D eigenvalue weighted by molar-refractivity contribution is 6.37. The molecule has 0 heterocycles. The lowest BCUT2D eigenvalue weighted by molar-refractivity contribution is 0.363. The topological polar surface area (TPSA) is 20.2 Å². The molecule has 2 heteroatoms. The summed E-state index contributed by atoms with van der Waals surface area (Å²) in [5.41, 5.74) is 0. The average molecular weight is 124 g/mol. The lowest BCUT2D eigenvalue weighted by Gasteiger charge is -2.00. The van der Waals surface area contributed by atoms with E-state index in [2.05, 4.69) is 0 Å². The molecule has 0 aromatic heterocycles. The summed E-state index contributed by atoms with van der Waals surface area (Å²) in [4.78, 5) is 0. The Balaban J connectivity index is 2.06. The summed E-state index contributed by atoms with van der Waals surface area (Å²) in [6, 6.07) is 0. The smallest absolute Gasteiger partial charge is 0.408 e. The Hall–Kier alpha value is 0.726. The van der Waals surface area contributed by atoms with Gasteiger partial charge >= 0.3 is 20.4 Å². The number of aliphatic hydroxyl groups is 1. The molecule has 0 bridgehead atoms. The SMILES string of the molecule is O[CH2][Mg][CH]1CCCC1. The summed E-state index contributed by atoms with van der Waals surface area (Å²) in [5.74, 6) is 0. The second kappa shape index (κ2) is 3.70. The highest BCUT2D eigenvalue weighted by atomic mass is 24.5. The summed E-state index contributed by atoms with van der Waals surface area (Å²) in [6.45, 7) is 0. The van der Waals surface area contributed by atoms with Crippen molar-refractivity contribution < 1.29 is 5.11 Å². The molecule has 1 N–H and O–H groups in total. The van der Waals surface area contributed by atoms with Gasteiger partial charge in [0.25, 0.3) is 0 Å². The van der Waals surface area contributed by atoms with Crippen LogP contribution in [-0.2, 0) is 0 Å². The predicted octanol–water partition coefficient (Wildman–Crippen LogP) is 1.00. The van der Waals surface area contributed by atoms with Crippen LogP contribution in [0.15, 0.2) is 0 Å². The first-order valence-electron chi connectivity index (χ1n) is 3.54. The molecular formula is C6H12MgO. The second-order valence-corrected chi connectivity index (χ2v) is 4.84. The molecule has 0 radical (unpaired) electrons. The normalized spacial score (nSPS) is 21.1. The Morgan fingerprint density at radius 1 is 1.38 bits per heavy atom. The van der Waals surface area contributed by atoms with Gasteiger partial charge in [0, 0.05) is 0 Å². The summed E-state index contributed by atoms with van der Waals surface area (Å²) in [6.07, 6.45) is 5.70. The molecule has 0 aliphatic heterocycles. The monoisotopic (exact) mass is 124 g/mol. The van der Waals surface area contributed by atoms with Crippen molar-refractivity contribution >= 4 is 20.4 Å². The van der Waals surface area contributed by atoms with Gasteiger partial charge < -0.3 is 5.11 Å². The van der Waals surface area contributed by atoms with E-state index >= 15 is 0 Å². The molecule has 0 aromatic carbocycles. The maximum atomic E-state index is 8.59. The largest absolute Gasteiger partial charge is 0.424 e. The van der Waals surface area contributed by atoms with E-state index in [1.54, 1.807) is 0 Å². The van der Waals surface area contributed by atoms with Crippen molar-refractivity contribution in [1.82, 2.24) is 0 Å². The molecule has 1 rings (SSSR count). The molecule has 1 nitrogen and oxygen atoms in total. The zero-order valence-corrected chi connectivity index (χ0v) is 6.68. The van der Waals surface area contributed by atoms with Crippen LogP contribution in [0.4, 0.5) is 0 Å². The predicted molar refractivity (Wildman–Crippen MR) is 35.1 cm³/mol. The fourth-order valence-electron chi connectivity index (χ4n) is 1.48. The zero-order valence-electron chi connectivity index (χ0n) is 5.27. The Bertz CT molecular complexity index is 59.5. The number of aliphatic hydroxyl groups excluding tert-OH is 1. The molecule has 44 valence electrons. The van der Waals surface area contributed by atoms with E-state index < -0.39 is 0 Å². The summed E-state index contributed by atoms with van der Waals surface area (Å²) < 4.78 is 1.53. The molecule has 1 fully saturated rings. The minimum Gasteiger partial charge on any atom is -0.424 e. The van der Waals surface area contributed by atoms with Gasteiger partial charge in [-0.15, -0.1) is 4.05 Å². The Morgan fingerprint density at radius 2 is 2.00 bits per heavy atom. The number of hydrogen-bond acceptors (Lipinski definition) is 1. The minimum atomic E-state index is -0.0463. The molecule has 1 aliphatic carbocycles. The lowest BCUT2D eigenvalue weighted by atomic mass is 10.4. The molecule has 1 aliphatic rings. The molecular weight excluding hydrogens is 112 g/mol. The van der Waals surface area contributed by atoms with Crippen molar-refractivity contribution in [2.75, 3.05) is 4.74 Å². The molecule has 1 saturated carbocycles. The Morgan fingerprint density at radius 3 is 2.50 bits per heavy atom. The van der Waals surface area contributed by atoms with Crippen molar-refractivity contribution in [3.8, 4) is 0 Å². The van der Waals surface area contributed by atoms with Gasteiger partial charge in [0.2, 0.25) is 0 Å². The molecule has 0 unspecified atom stereocenters. The van der Waals surface area contributed by atoms with E-state index in [0.29, 0.717) is 4.74 Å². The van der Waals surface area contributed by atoms with Gasteiger partial charge in [-0.3, -0.25) is 0 Å². The average Bonchev–Trinajstić information content (AvgIpc) is 2.19. The first-order chi connectivity index (χ1) is 3.93. The maximum absolute atomic E-state index is 8.59. The van der Waals surface area contributed by atoms with Crippen LogP contribution < -0.4 is 0 Å². The first kappa shape index (κ1) is 6.84. The van der Waals surface area contributed by atoms with Gasteiger partial charge in [0.15, 0.2) is 0 Å². The fourth-order valence-corrected chi connectivity index (χ4v) is 3.00. The third kappa shape index (κ3) is 1.92. The van der Waals surface area contributed by atoms with Crippen LogP contribution in [0.3, 0.4) is 0 Å². The quantitative estimate of drug-likeness (QED) is 0.545. The minimum absolute atomic E-state index is 0.0463. The van der Waals surface area contributed by atoms with Crippen LogP contribution >= 0.6 is 0 Å². The maximum Gasteiger partial charge on any atom is 0.408 e. The zero-order chi connectivity index (χ0) is 5.82. The summed E-state index contributed by atoms with van der Waals surface area (Å²) in [7, 11) is 0. The Kier molecular flexibility index (Phi) is 3.16. The van der Waals surface area contributed by atoms with Gasteiger partial charge in [0.05, 0.1) is 0 Å². The molecule has 0 aromatic rings. The molecule has 0 spiro atoms. The number of hydrogen-bond donors (Lipinski definition) is 1. The first-order valence-corrected chi connectivity index (χ1v) is 5.36. The summed E-state index contributed by atoms with van der Waals surface area (Å²) >= 11 is -0.0463. The number of rotatable bonds is 2. The van der Waals surface area contributed by atoms with Crippen LogP contribution in [0.2, 0.25) is 4.05 Å². The van der Waals surface area contributed by atoms with Crippen LogP contribution in [0.5, 0.6) is 0 Å². The molecule has 8 heavy (non-hydrogen) atoms. The fraction of sp³-hybridized carbons (Fsp3) is 1.00. The van der Waals surface area contributed by atoms with E-state index in [-0.39, 0.29) is 20.4 Å². The standard InChI is InChI=1S/C5H9.CH3O.Mg/c1-2-4-5-3-1;1-2;/h1H,2-5H2;2H,1H2;. The van der Waals surface area contributed by atoms with Crippen molar-refractivity contribution in [2.45, 2.75) is 29.7 Å². The third-order valence-corrected chi connectivity index (χ3v) is 3.90. The third-order valence-electron chi connectivity index (χ3n) is 2.01. The van der Waals surface area contributed by atoms with Crippen molar-refractivity contribution in [3.63, 3.8) is 0 Å². The highest BCUT2D eigenvalue weighted by Gasteiger charge is 2.15. The van der Waals surface area contributed by atoms with Gasteiger partial charge in [-0.25, -0.2) is 0 Å². The molecule has 0 saturated heterocycles. The molecule has 0 amide bonds. The van der Waals surface area contributed by atoms with Crippen LogP contribution in [0, 0.1) is 0 Å². The van der Waals surface area contributed by atoms with Crippen LogP contribution in [-0.4, -0.2) is 30.2 Å². The van der Waals surface area contributed by atoms with Crippen LogP contribution in [0.25, 0.3) is 0 Å². The van der Waals surface area contributed by atoms with Crippen molar-refractivity contribution in [2.24, 2.45) is 0 Å². The van der Waals surface area contributed by atoms with Gasteiger partial charge in [-0.2, -0.15) is 0 Å². The van der Waals surface area contributed by atoms with Crippen LogP contribution in [0.1, 0.15) is 25.7 Å². The van der Waals surface area contributed by atoms with Crippen molar-refractivity contribution in [1.29, 1.82) is 0 Å². The van der Waals surface area contributed by atoms with E-state index in [9.17, 15) is 0 Å². The van der Waals surface area contributed by atoms with E-state index in [0.717, 1.165) is 4.05 Å². The van der Waals surface area contributed by atoms with Crippen molar-refractivity contribution in [3.05, 3.63) is 0 Å². The Labute approximate surface area is 60.2 Å². The molecule has 0 atom stereocenters. The van der Waals surface area contributed by atoms with E-state index in [1.807, 2.05) is 0 Å². The van der Waals surface area contributed by atoms with Gasteiger partial charge in [-0.1, -0.05) is 30.4 Å². The summed E-state index contributed by atoms with van der Waals surface area (Å²) in [5, 5.41) is 8.59. The second-order valence-electron chi connectivity index (χ2n) is 2.66. The van der Waals surface area contributed by atoms with E-state index in [4.69, 9.17) is 5.11 Å². The van der Waals surface area contributed by atoms with E-state index in [1.165, 1.54) is 25.7 Å². The lowest BCUT2D eigenvalue weighted by Crippen LogP contribution is -2.03. The van der Waals surface area contributed by atoms with Gasteiger partial charge in [-0.05, 0) is 0 Å².